The first-order valence-electron chi connectivity index (χ1n) is 8.24. The molecule has 3 heteroatoms. The van der Waals surface area contributed by atoms with Gasteiger partial charge in [0, 0.05) is 17.9 Å². The number of hydrogen-bond donors (Lipinski definition) is 1. The van der Waals surface area contributed by atoms with Crippen LogP contribution in [0, 0.1) is 0 Å². The number of carbonyl (C=O) groups excluding carboxylic acids is 1. The average molecular weight is 310 g/mol. The molecule has 23 heavy (non-hydrogen) atoms. The molecule has 1 N–H and O–H groups in total. The molecular formula is C20H26N2O. The van der Waals surface area contributed by atoms with E-state index < -0.39 is 0 Å². The molecule has 0 fully saturated rings. The predicted molar refractivity (Wildman–Crippen MR) is 99.4 cm³/mol. The van der Waals surface area contributed by atoms with Gasteiger partial charge < -0.3 is 5.32 Å². The van der Waals surface area contributed by atoms with Crippen molar-refractivity contribution in [2.45, 2.75) is 27.7 Å². The second kappa shape index (κ2) is 10.2. The third-order valence-corrected chi connectivity index (χ3v) is 3.12. The second-order valence-corrected chi connectivity index (χ2v) is 4.36. The van der Waals surface area contributed by atoms with Gasteiger partial charge in [0.2, 0.25) is 0 Å². The molecule has 0 spiro atoms. The highest BCUT2D eigenvalue weighted by Crippen LogP contribution is 2.20. The van der Waals surface area contributed by atoms with Gasteiger partial charge in [0.15, 0.2) is 0 Å². The number of para-hydroxylation sites is 1. The Morgan fingerprint density at radius 2 is 1.35 bits per heavy atom. The highest BCUT2D eigenvalue weighted by Gasteiger charge is 2.20. The topological polar surface area (TPSA) is 32.3 Å². The van der Waals surface area contributed by atoms with Crippen LogP contribution in [0.15, 0.2) is 66.7 Å². The van der Waals surface area contributed by atoms with Crippen molar-refractivity contribution in [3.05, 3.63) is 72.3 Å². The Balaban J connectivity index is 0.000000615. The Bertz CT molecular complexity index is 606. The van der Waals surface area contributed by atoms with E-state index in [2.05, 4.69) is 5.32 Å². The van der Waals surface area contributed by atoms with Crippen molar-refractivity contribution in [2.24, 2.45) is 0 Å². The maximum Gasteiger partial charge on any atom is 0.326 e. The average Bonchev–Trinajstić information content (AvgIpc) is 2.66. The number of nitrogens with one attached hydrogen (secondary N) is 1. The number of nitrogens with zero attached hydrogens (tertiary/aromatic N) is 1. The Hall–Kier alpha value is -2.55. The van der Waals surface area contributed by atoms with Gasteiger partial charge >= 0.3 is 6.03 Å². The largest absolute Gasteiger partial charge is 0.326 e. The lowest BCUT2D eigenvalue weighted by Gasteiger charge is -2.27. The van der Waals surface area contributed by atoms with E-state index in [4.69, 9.17) is 0 Å². The van der Waals surface area contributed by atoms with Gasteiger partial charge in [-0.2, -0.15) is 0 Å². The fourth-order valence-corrected chi connectivity index (χ4v) is 2.14. The fraction of sp³-hybridized carbons (Fsp3) is 0.250. The van der Waals surface area contributed by atoms with Gasteiger partial charge in [0.05, 0.1) is 0 Å². The first-order chi connectivity index (χ1) is 11.3. The van der Waals surface area contributed by atoms with E-state index in [1.165, 1.54) is 0 Å². The van der Waals surface area contributed by atoms with E-state index >= 15 is 0 Å². The van der Waals surface area contributed by atoms with Crippen LogP contribution in [0.4, 0.5) is 10.5 Å². The van der Waals surface area contributed by atoms with Crippen LogP contribution in [0.2, 0.25) is 0 Å². The highest BCUT2D eigenvalue weighted by molar-refractivity contribution is 5.99. The summed E-state index contributed by atoms with van der Waals surface area (Å²) in [5.74, 6) is 0. The normalized spacial score (nSPS) is 12.8. The van der Waals surface area contributed by atoms with Crippen LogP contribution in [0.1, 0.15) is 33.3 Å². The van der Waals surface area contributed by atoms with Gasteiger partial charge in [-0.25, -0.2) is 4.79 Å². The zero-order valence-corrected chi connectivity index (χ0v) is 14.4. The molecule has 0 aliphatic carbocycles. The molecule has 1 aliphatic rings. The second-order valence-electron chi connectivity index (χ2n) is 4.36. The number of hydrogen-bond acceptors (Lipinski definition) is 1. The summed E-state index contributed by atoms with van der Waals surface area (Å²) in [5.41, 5.74) is 2.81. The minimum atomic E-state index is -0.0902. The lowest BCUT2D eigenvalue weighted by atomic mass is 10.1. The molecular weight excluding hydrogens is 284 g/mol. The van der Waals surface area contributed by atoms with Gasteiger partial charge in [-0.05, 0) is 23.8 Å². The van der Waals surface area contributed by atoms with E-state index in [1.54, 1.807) is 4.90 Å². The number of anilines is 1. The van der Waals surface area contributed by atoms with Crippen molar-refractivity contribution >= 4 is 17.4 Å². The molecule has 0 unspecified atom stereocenters. The third kappa shape index (κ3) is 4.99. The van der Waals surface area contributed by atoms with Crippen LogP contribution in [0.3, 0.4) is 0 Å². The molecule has 0 saturated heterocycles. The first-order valence-corrected chi connectivity index (χ1v) is 8.24. The zero-order valence-electron chi connectivity index (χ0n) is 14.4. The minimum Gasteiger partial charge on any atom is -0.307 e. The number of urea groups is 1. The summed E-state index contributed by atoms with van der Waals surface area (Å²) in [7, 11) is 0. The maximum atomic E-state index is 12.2. The van der Waals surface area contributed by atoms with Crippen molar-refractivity contribution in [3.63, 3.8) is 0 Å². The van der Waals surface area contributed by atoms with Crippen molar-refractivity contribution in [2.75, 3.05) is 11.4 Å². The summed E-state index contributed by atoms with van der Waals surface area (Å²) in [6.45, 7) is 8.58. The number of amides is 2. The lowest BCUT2D eigenvalue weighted by Crippen LogP contribution is -2.43. The monoisotopic (exact) mass is 310 g/mol. The molecule has 3 nitrogen and oxygen atoms in total. The predicted octanol–water partition coefficient (Wildman–Crippen LogP) is 5.31. The molecule has 0 bridgehead atoms. The smallest absolute Gasteiger partial charge is 0.307 e. The molecule has 3 rings (SSSR count). The van der Waals surface area contributed by atoms with Gasteiger partial charge in [-0.15, -0.1) is 0 Å². The van der Waals surface area contributed by atoms with E-state index in [9.17, 15) is 4.79 Å². The van der Waals surface area contributed by atoms with E-state index in [0.717, 1.165) is 16.9 Å². The Morgan fingerprint density at radius 1 is 0.826 bits per heavy atom. The molecule has 1 aliphatic heterocycles. The summed E-state index contributed by atoms with van der Waals surface area (Å²) in [6, 6.07) is 19.4. The van der Waals surface area contributed by atoms with E-state index in [-0.39, 0.29) is 6.03 Å². The molecule has 122 valence electrons. The lowest BCUT2D eigenvalue weighted by molar-refractivity contribution is 0.250. The Kier molecular flexibility index (Phi) is 8.22. The summed E-state index contributed by atoms with van der Waals surface area (Å²) in [6.07, 6.45) is 2.03. The SMILES string of the molecule is CC.CC.O=C1NC(c2ccccc2)=CCN1c1ccccc1. The molecule has 0 radical (unpaired) electrons. The fourth-order valence-electron chi connectivity index (χ4n) is 2.14. The summed E-state index contributed by atoms with van der Waals surface area (Å²) in [5, 5.41) is 2.93. The van der Waals surface area contributed by atoms with Crippen molar-refractivity contribution in [3.8, 4) is 0 Å². The van der Waals surface area contributed by atoms with Crippen LogP contribution >= 0.6 is 0 Å². The molecule has 2 aromatic rings. The molecule has 2 aromatic carbocycles. The van der Waals surface area contributed by atoms with Crippen molar-refractivity contribution in [1.82, 2.24) is 5.32 Å². The van der Waals surface area contributed by atoms with E-state index in [1.807, 2.05) is 94.4 Å². The summed E-state index contributed by atoms with van der Waals surface area (Å²) >= 11 is 0. The zero-order chi connectivity index (χ0) is 17.1. The van der Waals surface area contributed by atoms with Gasteiger partial charge in [0.1, 0.15) is 0 Å². The Morgan fingerprint density at radius 3 is 1.87 bits per heavy atom. The molecule has 1 heterocycles. The van der Waals surface area contributed by atoms with Gasteiger partial charge in [-0.1, -0.05) is 76.2 Å². The van der Waals surface area contributed by atoms with Gasteiger partial charge in [-0.3, -0.25) is 4.90 Å². The third-order valence-electron chi connectivity index (χ3n) is 3.12. The number of carbonyl (C=O) groups is 1. The van der Waals surface area contributed by atoms with Gasteiger partial charge in [0.25, 0.3) is 0 Å². The van der Waals surface area contributed by atoms with Crippen LogP contribution in [-0.2, 0) is 0 Å². The maximum absolute atomic E-state index is 12.2. The first kappa shape index (κ1) is 18.5. The molecule has 0 atom stereocenters. The van der Waals surface area contributed by atoms with Crippen LogP contribution < -0.4 is 10.2 Å². The standard InChI is InChI=1S/C16H14N2O.2C2H6/c19-16-17-15(13-7-3-1-4-8-13)11-12-18(16)14-9-5-2-6-10-14;2*1-2/h1-11H,12H2,(H,17,19);2*1-2H3. The van der Waals surface area contributed by atoms with Crippen molar-refractivity contribution < 1.29 is 4.79 Å². The number of benzene rings is 2. The molecule has 2 amide bonds. The van der Waals surface area contributed by atoms with Crippen molar-refractivity contribution in [1.29, 1.82) is 0 Å². The Labute approximate surface area is 139 Å². The quantitative estimate of drug-likeness (QED) is 0.801. The van der Waals surface area contributed by atoms with Crippen LogP contribution in [0.5, 0.6) is 0 Å². The van der Waals surface area contributed by atoms with E-state index in [0.29, 0.717) is 6.54 Å². The van der Waals surface area contributed by atoms with Crippen LogP contribution in [-0.4, -0.2) is 12.6 Å². The minimum absolute atomic E-state index is 0.0902. The van der Waals surface area contributed by atoms with Crippen LogP contribution in [0.25, 0.3) is 5.70 Å². The summed E-state index contributed by atoms with van der Waals surface area (Å²) in [4.78, 5) is 13.9. The number of rotatable bonds is 2. The molecule has 0 aromatic heterocycles. The highest BCUT2D eigenvalue weighted by atomic mass is 16.2. The summed E-state index contributed by atoms with van der Waals surface area (Å²) < 4.78 is 0. The molecule has 0 saturated carbocycles.